The van der Waals surface area contributed by atoms with Crippen LogP contribution in [-0.2, 0) is 13.1 Å². The molecule has 78 valence electrons. The first kappa shape index (κ1) is 10.6. The minimum atomic E-state index is 0.512. The highest BCUT2D eigenvalue weighted by Crippen LogP contribution is 2.28. The Labute approximate surface area is 97.4 Å². The van der Waals surface area contributed by atoms with Crippen molar-refractivity contribution in [1.29, 1.82) is 0 Å². The van der Waals surface area contributed by atoms with Crippen LogP contribution in [0.1, 0.15) is 11.1 Å². The Bertz CT molecular complexity index is 494. The van der Waals surface area contributed by atoms with Gasteiger partial charge in [0.1, 0.15) is 0 Å². The average molecular weight is 265 g/mol. The lowest BCUT2D eigenvalue weighted by atomic mass is 9.99. The van der Waals surface area contributed by atoms with Gasteiger partial charge in [-0.2, -0.15) is 0 Å². The maximum atomic E-state index is 5.78. The van der Waals surface area contributed by atoms with Gasteiger partial charge < -0.3 is 11.5 Å². The fraction of sp³-hybridized carbons (Fsp3) is 0.167. The fourth-order valence-corrected chi connectivity index (χ4v) is 2.53. The summed E-state index contributed by atoms with van der Waals surface area (Å²) in [6.45, 7) is 1.03. The SMILES string of the molecule is NCc1c(Br)cc2ccccc2c1CN. The second-order valence-electron chi connectivity index (χ2n) is 3.44. The van der Waals surface area contributed by atoms with E-state index in [4.69, 9.17) is 11.5 Å². The summed E-state index contributed by atoms with van der Waals surface area (Å²) in [4.78, 5) is 0. The molecule has 2 aromatic rings. The molecule has 0 radical (unpaired) electrons. The van der Waals surface area contributed by atoms with Gasteiger partial charge in [-0.15, -0.1) is 0 Å². The Morgan fingerprint density at radius 1 is 1.00 bits per heavy atom. The van der Waals surface area contributed by atoms with Crippen molar-refractivity contribution in [2.24, 2.45) is 11.5 Å². The molecule has 3 heteroatoms. The van der Waals surface area contributed by atoms with Crippen LogP contribution >= 0.6 is 15.9 Å². The summed E-state index contributed by atoms with van der Waals surface area (Å²) in [5.41, 5.74) is 13.8. The molecular weight excluding hydrogens is 252 g/mol. The zero-order chi connectivity index (χ0) is 10.8. The minimum absolute atomic E-state index is 0.512. The van der Waals surface area contributed by atoms with Crippen molar-refractivity contribution in [3.63, 3.8) is 0 Å². The molecule has 0 bridgehead atoms. The molecular formula is C12H13BrN2. The predicted octanol–water partition coefficient (Wildman–Crippen LogP) is 2.52. The van der Waals surface area contributed by atoms with E-state index < -0.39 is 0 Å². The molecule has 0 amide bonds. The monoisotopic (exact) mass is 264 g/mol. The number of rotatable bonds is 2. The Kier molecular flexibility index (Phi) is 3.05. The zero-order valence-corrected chi connectivity index (χ0v) is 9.92. The molecule has 0 spiro atoms. The van der Waals surface area contributed by atoms with E-state index in [9.17, 15) is 0 Å². The average Bonchev–Trinajstić information content (AvgIpc) is 2.27. The van der Waals surface area contributed by atoms with Crippen LogP contribution in [0.4, 0.5) is 0 Å². The highest BCUT2D eigenvalue weighted by molar-refractivity contribution is 9.10. The molecule has 0 fully saturated rings. The van der Waals surface area contributed by atoms with Crippen molar-refractivity contribution in [3.8, 4) is 0 Å². The molecule has 0 saturated carbocycles. The molecule has 2 rings (SSSR count). The van der Waals surface area contributed by atoms with Crippen LogP contribution in [0, 0.1) is 0 Å². The van der Waals surface area contributed by atoms with E-state index in [1.54, 1.807) is 0 Å². The zero-order valence-electron chi connectivity index (χ0n) is 8.33. The molecule has 0 saturated heterocycles. The van der Waals surface area contributed by atoms with Crippen molar-refractivity contribution in [1.82, 2.24) is 0 Å². The van der Waals surface area contributed by atoms with Crippen LogP contribution in [0.3, 0.4) is 0 Å². The van der Waals surface area contributed by atoms with Gasteiger partial charge in [-0.1, -0.05) is 40.2 Å². The largest absolute Gasteiger partial charge is 0.326 e. The highest BCUT2D eigenvalue weighted by atomic mass is 79.9. The van der Waals surface area contributed by atoms with Gasteiger partial charge in [-0.25, -0.2) is 0 Å². The number of hydrogen-bond donors (Lipinski definition) is 2. The molecule has 0 aliphatic rings. The standard InChI is InChI=1S/C12H13BrN2/c13-12-5-8-3-1-2-4-9(8)10(6-14)11(12)7-15/h1-5H,6-7,14-15H2. The molecule has 0 aliphatic carbocycles. The van der Waals surface area contributed by atoms with E-state index in [1.807, 2.05) is 12.1 Å². The Balaban J connectivity index is 2.84. The molecule has 0 atom stereocenters. The lowest BCUT2D eigenvalue weighted by molar-refractivity contribution is 0.984. The van der Waals surface area contributed by atoms with Crippen LogP contribution < -0.4 is 11.5 Å². The summed E-state index contributed by atoms with van der Waals surface area (Å²) in [5, 5.41) is 2.39. The van der Waals surface area contributed by atoms with Crippen LogP contribution in [-0.4, -0.2) is 0 Å². The van der Waals surface area contributed by atoms with Crippen molar-refractivity contribution in [2.75, 3.05) is 0 Å². The third-order valence-electron chi connectivity index (χ3n) is 2.63. The Morgan fingerprint density at radius 2 is 1.67 bits per heavy atom. The van der Waals surface area contributed by atoms with Crippen molar-refractivity contribution < 1.29 is 0 Å². The summed E-state index contributed by atoms with van der Waals surface area (Å²) in [7, 11) is 0. The topological polar surface area (TPSA) is 52.0 Å². The summed E-state index contributed by atoms with van der Waals surface area (Å²) in [5.74, 6) is 0. The van der Waals surface area contributed by atoms with Gasteiger partial charge in [-0.05, 0) is 28.0 Å². The quantitative estimate of drug-likeness (QED) is 0.876. The van der Waals surface area contributed by atoms with E-state index in [2.05, 4.69) is 34.1 Å². The van der Waals surface area contributed by atoms with Gasteiger partial charge in [0.2, 0.25) is 0 Å². The Morgan fingerprint density at radius 3 is 2.33 bits per heavy atom. The first-order valence-corrected chi connectivity index (χ1v) is 5.66. The van der Waals surface area contributed by atoms with Gasteiger partial charge in [0.25, 0.3) is 0 Å². The Hall–Kier alpha value is -0.900. The van der Waals surface area contributed by atoms with Crippen LogP contribution in [0.15, 0.2) is 34.8 Å². The highest BCUT2D eigenvalue weighted by Gasteiger charge is 2.08. The number of halogens is 1. The van der Waals surface area contributed by atoms with Crippen molar-refractivity contribution in [2.45, 2.75) is 13.1 Å². The first-order valence-electron chi connectivity index (χ1n) is 4.87. The predicted molar refractivity (Wildman–Crippen MR) is 67.4 cm³/mol. The lowest BCUT2D eigenvalue weighted by Gasteiger charge is -2.12. The van der Waals surface area contributed by atoms with Crippen molar-refractivity contribution in [3.05, 3.63) is 45.9 Å². The van der Waals surface area contributed by atoms with Crippen LogP contribution in [0.5, 0.6) is 0 Å². The van der Waals surface area contributed by atoms with E-state index in [1.165, 1.54) is 10.8 Å². The van der Waals surface area contributed by atoms with Gasteiger partial charge in [-0.3, -0.25) is 0 Å². The number of nitrogens with two attached hydrogens (primary N) is 2. The number of hydrogen-bond acceptors (Lipinski definition) is 2. The molecule has 0 heterocycles. The van der Waals surface area contributed by atoms with Crippen LogP contribution in [0.25, 0.3) is 10.8 Å². The lowest BCUT2D eigenvalue weighted by Crippen LogP contribution is -2.07. The third kappa shape index (κ3) is 1.78. The summed E-state index contributed by atoms with van der Waals surface area (Å²) < 4.78 is 1.05. The number of benzene rings is 2. The van der Waals surface area contributed by atoms with Gasteiger partial charge >= 0.3 is 0 Å². The van der Waals surface area contributed by atoms with Crippen LogP contribution in [0.2, 0.25) is 0 Å². The molecule has 4 N–H and O–H groups in total. The summed E-state index contributed by atoms with van der Waals surface area (Å²) in [6.07, 6.45) is 0. The molecule has 0 aliphatic heterocycles. The normalized spacial score (nSPS) is 10.9. The van der Waals surface area contributed by atoms with E-state index in [-0.39, 0.29) is 0 Å². The molecule has 0 unspecified atom stereocenters. The summed E-state index contributed by atoms with van der Waals surface area (Å²) in [6, 6.07) is 10.3. The molecule has 0 aromatic heterocycles. The maximum absolute atomic E-state index is 5.78. The van der Waals surface area contributed by atoms with Gasteiger partial charge in [0, 0.05) is 17.6 Å². The van der Waals surface area contributed by atoms with E-state index in [0.29, 0.717) is 13.1 Å². The smallest absolute Gasteiger partial charge is 0.0229 e. The summed E-state index contributed by atoms with van der Waals surface area (Å²) >= 11 is 3.53. The third-order valence-corrected chi connectivity index (χ3v) is 3.34. The van der Waals surface area contributed by atoms with E-state index >= 15 is 0 Å². The second-order valence-corrected chi connectivity index (χ2v) is 4.30. The minimum Gasteiger partial charge on any atom is -0.326 e. The van der Waals surface area contributed by atoms with Gasteiger partial charge in [0.05, 0.1) is 0 Å². The fourth-order valence-electron chi connectivity index (χ4n) is 1.88. The van der Waals surface area contributed by atoms with Crippen molar-refractivity contribution >= 4 is 26.7 Å². The maximum Gasteiger partial charge on any atom is 0.0229 e. The first-order chi connectivity index (χ1) is 7.27. The second kappa shape index (κ2) is 4.31. The number of fused-ring (bicyclic) bond motifs is 1. The molecule has 2 aromatic carbocycles. The van der Waals surface area contributed by atoms with E-state index in [0.717, 1.165) is 15.6 Å². The van der Waals surface area contributed by atoms with Gasteiger partial charge in [0.15, 0.2) is 0 Å². The molecule has 15 heavy (non-hydrogen) atoms. The molecule has 2 nitrogen and oxygen atoms in total.